The summed E-state index contributed by atoms with van der Waals surface area (Å²) in [4.78, 5) is 16.7. The average Bonchev–Trinajstić information content (AvgIpc) is 2.92. The molecule has 0 amide bonds. The lowest BCUT2D eigenvalue weighted by Gasteiger charge is -2.04. The first-order valence-electron chi connectivity index (χ1n) is 6.94. The maximum atomic E-state index is 12.2. The molecule has 0 saturated carbocycles. The summed E-state index contributed by atoms with van der Waals surface area (Å²) in [5.74, 6) is 0.682. The van der Waals surface area contributed by atoms with Gasteiger partial charge in [-0.2, -0.15) is 0 Å². The van der Waals surface area contributed by atoms with E-state index >= 15 is 0 Å². The fraction of sp³-hybridized carbons (Fsp3) is 0.176. The van der Waals surface area contributed by atoms with Gasteiger partial charge in [0, 0.05) is 12.2 Å². The van der Waals surface area contributed by atoms with Crippen LogP contribution in [0.5, 0.6) is 5.75 Å². The number of hydrogen-bond donors (Lipinski definition) is 1. The van der Waals surface area contributed by atoms with Crippen molar-refractivity contribution in [2.45, 2.75) is 17.7 Å². The molecule has 0 spiro atoms. The number of fused-ring (bicyclic) bond motifs is 1. The molecule has 0 atom stereocenters. The van der Waals surface area contributed by atoms with Crippen LogP contribution in [0.2, 0.25) is 0 Å². The van der Waals surface area contributed by atoms with Gasteiger partial charge in [-0.1, -0.05) is 35.5 Å². The Morgan fingerprint density at radius 1 is 1.27 bits per heavy atom. The van der Waals surface area contributed by atoms with Crippen LogP contribution < -0.4 is 0 Å². The molecule has 22 heavy (non-hydrogen) atoms. The minimum atomic E-state index is -0.0326. The highest BCUT2D eigenvalue weighted by molar-refractivity contribution is 8.01. The SMILES string of the molecule is Cc1ccc(O)c(C(=O)CCSc2nc3ccccc3s2)c1. The van der Waals surface area contributed by atoms with E-state index in [9.17, 15) is 9.90 Å². The second kappa shape index (κ2) is 6.50. The second-order valence-electron chi connectivity index (χ2n) is 4.99. The van der Waals surface area contributed by atoms with Crippen LogP contribution in [0.25, 0.3) is 10.2 Å². The van der Waals surface area contributed by atoms with E-state index in [4.69, 9.17) is 0 Å². The molecule has 5 heteroatoms. The van der Waals surface area contributed by atoms with Gasteiger partial charge in [0.25, 0.3) is 0 Å². The predicted octanol–water partition coefficient (Wildman–Crippen LogP) is 4.68. The molecule has 0 aliphatic rings. The van der Waals surface area contributed by atoms with E-state index in [1.807, 2.05) is 31.2 Å². The number of carbonyl (C=O) groups is 1. The molecule has 0 aliphatic heterocycles. The summed E-state index contributed by atoms with van der Waals surface area (Å²) in [5, 5.41) is 9.78. The number of aromatic hydroxyl groups is 1. The molecule has 0 bridgehead atoms. The zero-order valence-corrected chi connectivity index (χ0v) is 13.7. The summed E-state index contributed by atoms with van der Waals surface area (Å²) in [6, 6.07) is 13.1. The topological polar surface area (TPSA) is 50.2 Å². The second-order valence-corrected chi connectivity index (χ2v) is 7.36. The first kappa shape index (κ1) is 15.1. The van der Waals surface area contributed by atoms with Crippen LogP contribution in [-0.4, -0.2) is 21.6 Å². The van der Waals surface area contributed by atoms with Gasteiger partial charge in [0.2, 0.25) is 0 Å². The molecule has 1 heterocycles. The smallest absolute Gasteiger partial charge is 0.167 e. The van der Waals surface area contributed by atoms with Crippen LogP contribution in [0.4, 0.5) is 0 Å². The molecule has 0 fully saturated rings. The zero-order valence-electron chi connectivity index (χ0n) is 12.1. The van der Waals surface area contributed by atoms with E-state index < -0.39 is 0 Å². The third kappa shape index (κ3) is 3.31. The van der Waals surface area contributed by atoms with Crippen LogP contribution in [0.15, 0.2) is 46.8 Å². The number of aromatic nitrogens is 1. The van der Waals surface area contributed by atoms with Gasteiger partial charge in [0.15, 0.2) is 10.1 Å². The lowest BCUT2D eigenvalue weighted by molar-refractivity contribution is 0.0987. The van der Waals surface area contributed by atoms with Gasteiger partial charge in [-0.25, -0.2) is 4.98 Å². The van der Waals surface area contributed by atoms with Crippen molar-refractivity contribution < 1.29 is 9.90 Å². The largest absolute Gasteiger partial charge is 0.507 e. The third-order valence-corrected chi connectivity index (χ3v) is 5.46. The van der Waals surface area contributed by atoms with Crippen molar-refractivity contribution >= 4 is 39.1 Å². The number of carbonyl (C=O) groups excluding carboxylic acids is 1. The molecular weight excluding hydrogens is 314 g/mol. The monoisotopic (exact) mass is 329 g/mol. The minimum Gasteiger partial charge on any atom is -0.507 e. The molecule has 3 nitrogen and oxygen atoms in total. The maximum absolute atomic E-state index is 12.2. The predicted molar refractivity (Wildman–Crippen MR) is 92.1 cm³/mol. The van der Waals surface area contributed by atoms with E-state index in [-0.39, 0.29) is 11.5 Å². The van der Waals surface area contributed by atoms with Gasteiger partial charge < -0.3 is 5.11 Å². The van der Waals surface area contributed by atoms with Crippen molar-refractivity contribution in [3.05, 3.63) is 53.6 Å². The summed E-state index contributed by atoms with van der Waals surface area (Å²) in [6.45, 7) is 1.91. The van der Waals surface area contributed by atoms with Crippen molar-refractivity contribution in [2.24, 2.45) is 0 Å². The molecule has 112 valence electrons. The van der Waals surface area contributed by atoms with Crippen LogP contribution in [-0.2, 0) is 0 Å². The van der Waals surface area contributed by atoms with E-state index in [0.29, 0.717) is 17.7 Å². The minimum absolute atomic E-state index is 0.0326. The van der Waals surface area contributed by atoms with Gasteiger partial charge in [-0.3, -0.25) is 4.79 Å². The Balaban J connectivity index is 1.62. The number of aryl methyl sites for hydroxylation is 1. The molecule has 0 saturated heterocycles. The summed E-state index contributed by atoms with van der Waals surface area (Å²) in [7, 11) is 0. The van der Waals surface area contributed by atoms with E-state index in [1.54, 1.807) is 41.3 Å². The van der Waals surface area contributed by atoms with Crippen LogP contribution >= 0.6 is 23.1 Å². The number of phenolic OH excluding ortho intramolecular Hbond substituents is 1. The van der Waals surface area contributed by atoms with Crippen molar-refractivity contribution in [2.75, 3.05) is 5.75 Å². The number of hydrogen-bond acceptors (Lipinski definition) is 5. The summed E-state index contributed by atoms with van der Waals surface area (Å²) >= 11 is 3.23. The van der Waals surface area contributed by atoms with Crippen LogP contribution in [0, 0.1) is 6.92 Å². The highest BCUT2D eigenvalue weighted by Crippen LogP contribution is 2.30. The number of nitrogens with zero attached hydrogens (tertiary/aromatic N) is 1. The fourth-order valence-electron chi connectivity index (χ4n) is 2.15. The first-order chi connectivity index (χ1) is 10.6. The van der Waals surface area contributed by atoms with Gasteiger partial charge >= 0.3 is 0 Å². The number of phenols is 1. The number of Topliss-reactive ketones (excluding diaryl/α,β-unsaturated/α-hetero) is 1. The van der Waals surface area contributed by atoms with Gasteiger partial charge in [0.1, 0.15) is 5.75 Å². The lowest BCUT2D eigenvalue weighted by atomic mass is 10.1. The molecular formula is C17H15NO2S2. The standard InChI is InChI=1S/C17H15NO2S2/c1-11-6-7-14(19)12(10-11)15(20)8-9-21-17-18-13-4-2-3-5-16(13)22-17/h2-7,10,19H,8-9H2,1H3. The quantitative estimate of drug-likeness (QED) is 0.545. The van der Waals surface area contributed by atoms with Crippen molar-refractivity contribution in [1.29, 1.82) is 0 Å². The van der Waals surface area contributed by atoms with Crippen molar-refractivity contribution in [1.82, 2.24) is 4.98 Å². The molecule has 2 aromatic carbocycles. The fourth-order valence-corrected chi connectivity index (χ4v) is 4.23. The Morgan fingerprint density at radius 3 is 2.91 bits per heavy atom. The molecule has 3 rings (SSSR count). The number of ketones is 1. The van der Waals surface area contributed by atoms with Gasteiger partial charge in [-0.05, 0) is 31.2 Å². The zero-order chi connectivity index (χ0) is 15.5. The number of benzene rings is 2. The first-order valence-corrected chi connectivity index (χ1v) is 8.75. The van der Waals surface area contributed by atoms with Crippen molar-refractivity contribution in [3.8, 4) is 5.75 Å². The highest BCUT2D eigenvalue weighted by atomic mass is 32.2. The van der Waals surface area contributed by atoms with E-state index in [0.717, 1.165) is 20.1 Å². The van der Waals surface area contributed by atoms with Gasteiger partial charge in [-0.15, -0.1) is 11.3 Å². The van der Waals surface area contributed by atoms with Gasteiger partial charge in [0.05, 0.1) is 15.8 Å². The highest BCUT2D eigenvalue weighted by Gasteiger charge is 2.12. The van der Waals surface area contributed by atoms with Crippen molar-refractivity contribution in [3.63, 3.8) is 0 Å². The number of thiazole rings is 1. The Hall–Kier alpha value is -1.85. The molecule has 3 aromatic rings. The molecule has 0 unspecified atom stereocenters. The number of para-hydroxylation sites is 1. The average molecular weight is 329 g/mol. The molecule has 1 N–H and O–H groups in total. The number of rotatable bonds is 5. The normalized spacial score (nSPS) is 11.0. The third-order valence-electron chi connectivity index (χ3n) is 3.28. The maximum Gasteiger partial charge on any atom is 0.167 e. The Bertz CT molecular complexity index is 793. The molecule has 0 aliphatic carbocycles. The van der Waals surface area contributed by atoms with Crippen LogP contribution in [0.3, 0.4) is 0 Å². The Kier molecular flexibility index (Phi) is 4.45. The summed E-state index contributed by atoms with van der Waals surface area (Å²) < 4.78 is 2.13. The summed E-state index contributed by atoms with van der Waals surface area (Å²) in [6.07, 6.45) is 0.387. The van der Waals surface area contributed by atoms with E-state index in [2.05, 4.69) is 4.98 Å². The molecule has 1 aromatic heterocycles. The van der Waals surface area contributed by atoms with Crippen LogP contribution in [0.1, 0.15) is 22.3 Å². The molecule has 0 radical (unpaired) electrons. The van der Waals surface area contributed by atoms with E-state index in [1.165, 1.54) is 0 Å². The summed E-state index contributed by atoms with van der Waals surface area (Å²) in [5.41, 5.74) is 2.38. The number of thioether (sulfide) groups is 1. The Morgan fingerprint density at radius 2 is 2.09 bits per heavy atom. The lowest BCUT2D eigenvalue weighted by Crippen LogP contribution is -2.01. The Labute approximate surface area is 137 Å².